The van der Waals surface area contributed by atoms with Gasteiger partial charge in [0.05, 0.1) is 0 Å². The summed E-state index contributed by atoms with van der Waals surface area (Å²) < 4.78 is 5.91. The van der Waals surface area contributed by atoms with Gasteiger partial charge in [-0.15, -0.1) is 0 Å². The molecular weight excluding hydrogens is 272 g/mol. The lowest BCUT2D eigenvalue weighted by Gasteiger charge is -2.17. The van der Waals surface area contributed by atoms with E-state index in [1.807, 2.05) is 30.5 Å². The zero-order valence-corrected chi connectivity index (χ0v) is 12.1. The molecule has 0 radical (unpaired) electrons. The first kappa shape index (κ1) is 13.4. The van der Waals surface area contributed by atoms with Crippen molar-refractivity contribution in [1.29, 1.82) is 0 Å². The number of rotatable bonds is 4. The van der Waals surface area contributed by atoms with Crippen LogP contribution >= 0.6 is 11.6 Å². The third-order valence-corrected chi connectivity index (χ3v) is 3.83. The van der Waals surface area contributed by atoms with Crippen LogP contribution in [0.5, 0.6) is 5.75 Å². The molecule has 104 valence electrons. The van der Waals surface area contributed by atoms with Crippen LogP contribution in [0.1, 0.15) is 24.1 Å². The fourth-order valence-corrected chi connectivity index (χ4v) is 2.66. The summed E-state index contributed by atoms with van der Waals surface area (Å²) in [4.78, 5) is 4.14. The summed E-state index contributed by atoms with van der Waals surface area (Å²) in [6.07, 6.45) is 4.75. The van der Waals surface area contributed by atoms with Crippen LogP contribution in [-0.2, 0) is 6.42 Å². The Morgan fingerprint density at radius 3 is 3.15 bits per heavy atom. The first-order valence-electron chi connectivity index (χ1n) is 6.81. The number of halogens is 1. The van der Waals surface area contributed by atoms with Crippen molar-refractivity contribution in [2.24, 2.45) is 0 Å². The average molecular weight is 289 g/mol. The van der Waals surface area contributed by atoms with Crippen molar-refractivity contribution in [3.63, 3.8) is 0 Å². The SMILES string of the molecule is CC(NCC1Cc2cc(Cl)ccc2O1)c1cccnc1. The van der Waals surface area contributed by atoms with Gasteiger partial charge in [-0.1, -0.05) is 17.7 Å². The van der Waals surface area contributed by atoms with Gasteiger partial charge in [0.25, 0.3) is 0 Å². The molecule has 2 atom stereocenters. The van der Waals surface area contributed by atoms with Gasteiger partial charge in [-0.25, -0.2) is 0 Å². The van der Waals surface area contributed by atoms with Crippen molar-refractivity contribution in [3.8, 4) is 5.75 Å². The van der Waals surface area contributed by atoms with Crippen LogP contribution in [0.4, 0.5) is 0 Å². The van der Waals surface area contributed by atoms with Gasteiger partial charge in [-0.2, -0.15) is 0 Å². The van der Waals surface area contributed by atoms with Gasteiger partial charge >= 0.3 is 0 Å². The fourth-order valence-electron chi connectivity index (χ4n) is 2.46. The number of fused-ring (bicyclic) bond motifs is 1. The quantitative estimate of drug-likeness (QED) is 0.936. The summed E-state index contributed by atoms with van der Waals surface area (Å²) in [6, 6.07) is 10.1. The number of nitrogens with zero attached hydrogens (tertiary/aromatic N) is 1. The lowest BCUT2D eigenvalue weighted by Crippen LogP contribution is -2.31. The average Bonchev–Trinajstić information content (AvgIpc) is 2.87. The lowest BCUT2D eigenvalue weighted by molar-refractivity contribution is 0.222. The summed E-state index contributed by atoms with van der Waals surface area (Å²) in [6.45, 7) is 2.94. The Kier molecular flexibility index (Phi) is 3.90. The van der Waals surface area contributed by atoms with Crippen LogP contribution < -0.4 is 10.1 Å². The minimum atomic E-state index is 0.169. The minimum absolute atomic E-state index is 0.169. The van der Waals surface area contributed by atoms with E-state index in [0.29, 0.717) is 0 Å². The molecule has 0 saturated carbocycles. The maximum Gasteiger partial charge on any atom is 0.123 e. The predicted molar refractivity (Wildman–Crippen MR) is 80.2 cm³/mol. The van der Waals surface area contributed by atoms with Gasteiger partial charge in [-0.3, -0.25) is 4.98 Å². The number of aromatic nitrogens is 1. The monoisotopic (exact) mass is 288 g/mol. The summed E-state index contributed by atoms with van der Waals surface area (Å²) in [5.74, 6) is 0.954. The Bertz CT molecular complexity index is 588. The van der Waals surface area contributed by atoms with Crippen molar-refractivity contribution in [1.82, 2.24) is 10.3 Å². The molecule has 4 heteroatoms. The highest BCUT2D eigenvalue weighted by Crippen LogP contribution is 2.31. The molecule has 0 bridgehead atoms. The van der Waals surface area contributed by atoms with Crippen molar-refractivity contribution in [2.45, 2.75) is 25.5 Å². The normalized spacial score (nSPS) is 18.4. The smallest absolute Gasteiger partial charge is 0.123 e. The Hall–Kier alpha value is -1.58. The van der Waals surface area contributed by atoms with Crippen molar-refractivity contribution in [2.75, 3.05) is 6.54 Å². The van der Waals surface area contributed by atoms with Crippen LogP contribution in [0.2, 0.25) is 5.02 Å². The number of nitrogens with one attached hydrogen (secondary N) is 1. The van der Waals surface area contributed by atoms with Gasteiger partial charge < -0.3 is 10.1 Å². The maximum absolute atomic E-state index is 6.00. The molecule has 1 aromatic heterocycles. The van der Waals surface area contributed by atoms with Gasteiger partial charge in [0.15, 0.2) is 0 Å². The molecule has 0 amide bonds. The van der Waals surface area contributed by atoms with Crippen LogP contribution in [0, 0.1) is 0 Å². The summed E-state index contributed by atoms with van der Waals surface area (Å²) in [7, 11) is 0. The molecule has 2 heterocycles. The zero-order chi connectivity index (χ0) is 13.9. The second kappa shape index (κ2) is 5.81. The van der Waals surface area contributed by atoms with E-state index in [9.17, 15) is 0 Å². The van der Waals surface area contributed by atoms with E-state index in [4.69, 9.17) is 16.3 Å². The topological polar surface area (TPSA) is 34.1 Å². The first-order valence-corrected chi connectivity index (χ1v) is 7.18. The van der Waals surface area contributed by atoms with Crippen LogP contribution in [-0.4, -0.2) is 17.6 Å². The molecule has 0 saturated heterocycles. The molecule has 2 aromatic rings. The predicted octanol–water partition coefficient (Wildman–Crippen LogP) is 3.39. The van der Waals surface area contributed by atoms with E-state index in [2.05, 4.69) is 23.3 Å². The van der Waals surface area contributed by atoms with E-state index in [0.717, 1.165) is 23.7 Å². The second-order valence-electron chi connectivity index (χ2n) is 5.11. The molecule has 1 aliphatic heterocycles. The first-order chi connectivity index (χ1) is 9.72. The maximum atomic E-state index is 6.00. The minimum Gasteiger partial charge on any atom is -0.488 e. The molecule has 3 rings (SSSR count). The number of pyridine rings is 1. The molecule has 3 nitrogen and oxygen atoms in total. The van der Waals surface area contributed by atoms with Gasteiger partial charge in [0, 0.05) is 36.4 Å². The fraction of sp³-hybridized carbons (Fsp3) is 0.312. The van der Waals surface area contributed by atoms with Crippen molar-refractivity contribution in [3.05, 3.63) is 58.9 Å². The molecule has 0 aliphatic carbocycles. The third-order valence-electron chi connectivity index (χ3n) is 3.60. The van der Waals surface area contributed by atoms with E-state index in [1.165, 1.54) is 11.1 Å². The number of hydrogen-bond donors (Lipinski definition) is 1. The lowest BCUT2D eigenvalue weighted by atomic mass is 10.1. The van der Waals surface area contributed by atoms with Gasteiger partial charge in [0.2, 0.25) is 0 Å². The van der Waals surface area contributed by atoms with E-state index < -0.39 is 0 Å². The molecule has 1 N–H and O–H groups in total. The summed E-state index contributed by atoms with van der Waals surface area (Å²) >= 11 is 6.00. The third kappa shape index (κ3) is 2.94. The van der Waals surface area contributed by atoms with Gasteiger partial charge in [0.1, 0.15) is 11.9 Å². The van der Waals surface area contributed by atoms with Crippen LogP contribution in [0.3, 0.4) is 0 Å². The van der Waals surface area contributed by atoms with Crippen LogP contribution in [0.25, 0.3) is 0 Å². The molecule has 2 unspecified atom stereocenters. The number of benzene rings is 1. The molecular formula is C16H17ClN2O. The van der Waals surface area contributed by atoms with Gasteiger partial charge in [-0.05, 0) is 42.3 Å². The largest absolute Gasteiger partial charge is 0.488 e. The second-order valence-corrected chi connectivity index (χ2v) is 5.55. The van der Waals surface area contributed by atoms with E-state index >= 15 is 0 Å². The number of hydrogen-bond acceptors (Lipinski definition) is 3. The van der Waals surface area contributed by atoms with Crippen molar-refractivity contribution >= 4 is 11.6 Å². The summed E-state index contributed by atoms with van der Waals surface area (Å²) in [5, 5.41) is 4.26. The highest BCUT2D eigenvalue weighted by Gasteiger charge is 2.23. The standard InChI is InChI=1S/C16H17ClN2O/c1-11(12-3-2-6-18-9-12)19-10-15-8-13-7-14(17)4-5-16(13)20-15/h2-7,9,11,15,19H,8,10H2,1H3. The zero-order valence-electron chi connectivity index (χ0n) is 11.3. The summed E-state index contributed by atoms with van der Waals surface area (Å²) in [5.41, 5.74) is 2.38. The Morgan fingerprint density at radius 2 is 2.35 bits per heavy atom. The molecule has 1 aliphatic rings. The Morgan fingerprint density at radius 1 is 1.45 bits per heavy atom. The number of ether oxygens (including phenoxy) is 1. The highest BCUT2D eigenvalue weighted by molar-refractivity contribution is 6.30. The van der Waals surface area contributed by atoms with E-state index in [-0.39, 0.29) is 12.1 Å². The highest BCUT2D eigenvalue weighted by atomic mass is 35.5. The Balaban J connectivity index is 1.56. The molecule has 0 fully saturated rings. The van der Waals surface area contributed by atoms with E-state index in [1.54, 1.807) is 6.20 Å². The van der Waals surface area contributed by atoms with Crippen LogP contribution in [0.15, 0.2) is 42.7 Å². The molecule has 1 aromatic carbocycles. The Labute approximate surface area is 123 Å². The molecule has 20 heavy (non-hydrogen) atoms. The molecule has 0 spiro atoms. The van der Waals surface area contributed by atoms with Crippen molar-refractivity contribution < 1.29 is 4.74 Å².